The predicted octanol–water partition coefficient (Wildman–Crippen LogP) is 1.91. The quantitative estimate of drug-likeness (QED) is 0.350. The van der Waals surface area contributed by atoms with E-state index < -0.39 is 0 Å². The van der Waals surface area contributed by atoms with Gasteiger partial charge < -0.3 is 10.5 Å². The Hall–Kier alpha value is -0.570. The highest BCUT2D eigenvalue weighted by molar-refractivity contribution is 5.76. The minimum Gasteiger partial charge on any atom is -0.388 e. The third-order valence-electron chi connectivity index (χ3n) is 1.69. The van der Waals surface area contributed by atoms with Gasteiger partial charge in [0.15, 0.2) is 0 Å². The van der Waals surface area contributed by atoms with Crippen molar-refractivity contribution in [2.24, 2.45) is 5.73 Å². The monoisotopic (exact) mass is 172 g/mol. The molecule has 12 heavy (non-hydrogen) atoms. The normalized spacial score (nSPS) is 12.8. The molecule has 72 valence electrons. The SMILES string of the molecule is CCCC(C)OCCCC(=N)N. The maximum atomic E-state index is 6.98. The first-order valence-electron chi connectivity index (χ1n) is 4.61. The van der Waals surface area contributed by atoms with Gasteiger partial charge in [-0.2, -0.15) is 0 Å². The van der Waals surface area contributed by atoms with Gasteiger partial charge in [0.05, 0.1) is 11.9 Å². The second-order valence-corrected chi connectivity index (χ2v) is 3.10. The summed E-state index contributed by atoms with van der Waals surface area (Å²) in [6, 6.07) is 0. The van der Waals surface area contributed by atoms with E-state index in [-0.39, 0.29) is 5.84 Å². The van der Waals surface area contributed by atoms with Gasteiger partial charge in [0.25, 0.3) is 0 Å². The molecule has 1 atom stereocenters. The number of nitrogens with one attached hydrogen (secondary N) is 1. The van der Waals surface area contributed by atoms with E-state index in [2.05, 4.69) is 13.8 Å². The van der Waals surface area contributed by atoms with Crippen LogP contribution < -0.4 is 5.73 Å². The van der Waals surface area contributed by atoms with Crippen LogP contribution in [0.25, 0.3) is 0 Å². The van der Waals surface area contributed by atoms with E-state index in [0.717, 1.165) is 25.9 Å². The fourth-order valence-electron chi connectivity index (χ4n) is 1.04. The smallest absolute Gasteiger partial charge is 0.0906 e. The van der Waals surface area contributed by atoms with Gasteiger partial charge in [-0.3, -0.25) is 5.41 Å². The van der Waals surface area contributed by atoms with Gasteiger partial charge in [-0.25, -0.2) is 0 Å². The van der Waals surface area contributed by atoms with Crippen LogP contribution in [0.3, 0.4) is 0 Å². The molecule has 3 nitrogen and oxygen atoms in total. The Morgan fingerprint density at radius 2 is 2.25 bits per heavy atom. The number of rotatable bonds is 7. The van der Waals surface area contributed by atoms with Crippen molar-refractivity contribution in [3.63, 3.8) is 0 Å². The highest BCUT2D eigenvalue weighted by atomic mass is 16.5. The molecule has 0 aliphatic heterocycles. The first-order valence-corrected chi connectivity index (χ1v) is 4.61. The second kappa shape index (κ2) is 7.10. The van der Waals surface area contributed by atoms with Gasteiger partial charge in [0.1, 0.15) is 0 Å². The van der Waals surface area contributed by atoms with Crippen LogP contribution in [0.5, 0.6) is 0 Å². The van der Waals surface area contributed by atoms with Crippen LogP contribution in [0.4, 0.5) is 0 Å². The van der Waals surface area contributed by atoms with Crippen molar-refractivity contribution in [2.75, 3.05) is 6.61 Å². The van der Waals surface area contributed by atoms with E-state index in [1.54, 1.807) is 0 Å². The third kappa shape index (κ3) is 7.54. The van der Waals surface area contributed by atoms with E-state index in [1.165, 1.54) is 0 Å². The van der Waals surface area contributed by atoms with Gasteiger partial charge in [-0.05, 0) is 19.8 Å². The molecule has 0 spiro atoms. The first-order chi connectivity index (χ1) is 5.66. The molecule has 0 aromatic rings. The van der Waals surface area contributed by atoms with Gasteiger partial charge in [-0.1, -0.05) is 13.3 Å². The lowest BCUT2D eigenvalue weighted by atomic mass is 10.2. The molecule has 0 saturated carbocycles. The standard InChI is InChI=1S/C9H20N2O/c1-3-5-8(2)12-7-4-6-9(10)11/h8H,3-7H2,1-2H3,(H3,10,11). The third-order valence-corrected chi connectivity index (χ3v) is 1.69. The maximum Gasteiger partial charge on any atom is 0.0906 e. The molecule has 0 fully saturated rings. The highest BCUT2D eigenvalue weighted by Gasteiger charge is 1.99. The van der Waals surface area contributed by atoms with Crippen molar-refractivity contribution in [3.8, 4) is 0 Å². The lowest BCUT2D eigenvalue weighted by molar-refractivity contribution is 0.0590. The zero-order valence-electron chi connectivity index (χ0n) is 8.10. The van der Waals surface area contributed by atoms with Crippen LogP contribution in [0, 0.1) is 5.41 Å². The summed E-state index contributed by atoms with van der Waals surface area (Å²) < 4.78 is 5.48. The van der Waals surface area contributed by atoms with Gasteiger partial charge >= 0.3 is 0 Å². The topological polar surface area (TPSA) is 59.1 Å². The van der Waals surface area contributed by atoms with Gasteiger partial charge in [-0.15, -0.1) is 0 Å². The Morgan fingerprint density at radius 1 is 1.58 bits per heavy atom. The summed E-state index contributed by atoms with van der Waals surface area (Å²) in [5.41, 5.74) is 5.20. The minimum absolute atomic E-state index is 0.252. The molecule has 0 aliphatic rings. The van der Waals surface area contributed by atoms with E-state index >= 15 is 0 Å². The van der Waals surface area contributed by atoms with Crippen LogP contribution >= 0.6 is 0 Å². The Labute approximate surface area is 74.8 Å². The molecule has 0 amide bonds. The maximum absolute atomic E-state index is 6.98. The summed E-state index contributed by atoms with van der Waals surface area (Å²) in [5, 5.41) is 6.98. The predicted molar refractivity (Wildman–Crippen MR) is 51.5 cm³/mol. The molecular formula is C9H20N2O. The molecule has 0 saturated heterocycles. The largest absolute Gasteiger partial charge is 0.388 e. The average Bonchev–Trinajstić information content (AvgIpc) is 1.98. The minimum atomic E-state index is 0.252. The number of hydrogen-bond acceptors (Lipinski definition) is 2. The molecule has 3 N–H and O–H groups in total. The zero-order chi connectivity index (χ0) is 9.40. The molecule has 0 bridgehead atoms. The number of nitrogens with two attached hydrogens (primary N) is 1. The van der Waals surface area contributed by atoms with Crippen LogP contribution in [-0.2, 0) is 4.74 Å². The summed E-state index contributed by atoms with van der Waals surface area (Å²) in [4.78, 5) is 0. The summed E-state index contributed by atoms with van der Waals surface area (Å²) in [6.07, 6.45) is 4.14. The first kappa shape index (κ1) is 11.4. The fraction of sp³-hybridized carbons (Fsp3) is 0.889. The van der Waals surface area contributed by atoms with Crippen LogP contribution in [0.2, 0.25) is 0 Å². The summed E-state index contributed by atoms with van der Waals surface area (Å²) >= 11 is 0. The van der Waals surface area contributed by atoms with Crippen LogP contribution in [0.15, 0.2) is 0 Å². The summed E-state index contributed by atoms with van der Waals surface area (Å²) in [7, 11) is 0. The lowest BCUT2D eigenvalue weighted by Crippen LogP contribution is -2.13. The molecule has 0 aromatic carbocycles. The lowest BCUT2D eigenvalue weighted by Gasteiger charge is -2.10. The van der Waals surface area contributed by atoms with E-state index in [1.807, 2.05) is 0 Å². The molecule has 0 heterocycles. The Kier molecular flexibility index (Phi) is 6.76. The fourth-order valence-corrected chi connectivity index (χ4v) is 1.04. The Bertz CT molecular complexity index is 126. The Morgan fingerprint density at radius 3 is 2.75 bits per heavy atom. The molecular weight excluding hydrogens is 152 g/mol. The van der Waals surface area contributed by atoms with E-state index in [0.29, 0.717) is 12.5 Å². The van der Waals surface area contributed by atoms with E-state index in [9.17, 15) is 0 Å². The molecule has 0 rings (SSSR count). The number of hydrogen-bond donors (Lipinski definition) is 2. The van der Waals surface area contributed by atoms with E-state index in [4.69, 9.17) is 15.9 Å². The van der Waals surface area contributed by atoms with Crippen molar-refractivity contribution in [2.45, 2.75) is 45.6 Å². The second-order valence-electron chi connectivity index (χ2n) is 3.10. The van der Waals surface area contributed by atoms with Crippen LogP contribution in [-0.4, -0.2) is 18.5 Å². The molecule has 0 aliphatic carbocycles. The highest BCUT2D eigenvalue weighted by Crippen LogP contribution is 2.01. The Balaban J connectivity index is 3.13. The molecule has 0 radical (unpaired) electrons. The van der Waals surface area contributed by atoms with Crippen molar-refractivity contribution in [1.29, 1.82) is 5.41 Å². The van der Waals surface area contributed by atoms with Gasteiger partial charge in [0, 0.05) is 13.0 Å². The van der Waals surface area contributed by atoms with Crippen LogP contribution in [0.1, 0.15) is 39.5 Å². The molecule has 0 aromatic heterocycles. The molecule has 3 heteroatoms. The van der Waals surface area contributed by atoms with Crippen molar-refractivity contribution in [3.05, 3.63) is 0 Å². The molecule has 1 unspecified atom stereocenters. The summed E-state index contributed by atoms with van der Waals surface area (Å²) in [6.45, 7) is 4.95. The average molecular weight is 172 g/mol. The van der Waals surface area contributed by atoms with Crippen molar-refractivity contribution in [1.82, 2.24) is 0 Å². The van der Waals surface area contributed by atoms with Gasteiger partial charge in [0.2, 0.25) is 0 Å². The van der Waals surface area contributed by atoms with Crippen molar-refractivity contribution >= 4 is 5.84 Å². The summed E-state index contributed by atoms with van der Waals surface area (Å²) in [5.74, 6) is 0.252. The van der Waals surface area contributed by atoms with Crippen molar-refractivity contribution < 1.29 is 4.74 Å². The number of ether oxygens (including phenoxy) is 1. The number of amidine groups is 1. The zero-order valence-corrected chi connectivity index (χ0v) is 8.10.